The Kier molecular flexibility index (Phi) is 5.96. The maximum Gasteiger partial charge on any atom is 0.243 e. The highest BCUT2D eigenvalue weighted by Crippen LogP contribution is 2.28. The number of ether oxygens (including phenoxy) is 1. The second-order valence-electron chi connectivity index (χ2n) is 5.62. The van der Waals surface area contributed by atoms with E-state index in [2.05, 4.69) is 4.98 Å². The van der Waals surface area contributed by atoms with E-state index in [0.29, 0.717) is 30.2 Å². The van der Waals surface area contributed by atoms with Gasteiger partial charge in [0.15, 0.2) is 0 Å². The third-order valence-electron chi connectivity index (χ3n) is 4.28. The van der Waals surface area contributed by atoms with Gasteiger partial charge in [0.25, 0.3) is 0 Å². The van der Waals surface area contributed by atoms with Gasteiger partial charge in [-0.2, -0.15) is 4.31 Å². The number of hydrogen-bond donors (Lipinski definition) is 0. The molecule has 0 aliphatic rings. The Hall–Kier alpha value is -1.92. The minimum atomic E-state index is -3.54. The molecule has 2 rings (SSSR count). The maximum absolute atomic E-state index is 13.0. The molecule has 0 N–H and O–H groups in total. The van der Waals surface area contributed by atoms with E-state index in [1.54, 1.807) is 31.6 Å². The van der Waals surface area contributed by atoms with Crippen molar-refractivity contribution < 1.29 is 13.2 Å². The molecule has 5 nitrogen and oxygen atoms in total. The van der Waals surface area contributed by atoms with Crippen molar-refractivity contribution in [1.29, 1.82) is 0 Å². The SMILES string of the molecule is CCN(CCc1ccncc1)S(=O)(=O)c1ccc(OC)c(C)c1C. The summed E-state index contributed by atoms with van der Waals surface area (Å²) in [5.74, 6) is 0.700. The Bertz CT molecular complexity index is 789. The van der Waals surface area contributed by atoms with Crippen LogP contribution in [-0.4, -0.2) is 37.9 Å². The molecule has 24 heavy (non-hydrogen) atoms. The van der Waals surface area contributed by atoms with Crippen LogP contribution in [0.2, 0.25) is 0 Å². The molecule has 0 saturated heterocycles. The van der Waals surface area contributed by atoms with E-state index < -0.39 is 10.0 Å². The number of methoxy groups -OCH3 is 1. The summed E-state index contributed by atoms with van der Waals surface area (Å²) in [6, 6.07) is 7.16. The summed E-state index contributed by atoms with van der Waals surface area (Å²) in [4.78, 5) is 4.33. The topological polar surface area (TPSA) is 59.5 Å². The molecule has 1 aromatic heterocycles. The van der Waals surface area contributed by atoms with Gasteiger partial charge >= 0.3 is 0 Å². The Labute approximate surface area is 144 Å². The Morgan fingerprint density at radius 3 is 2.33 bits per heavy atom. The molecule has 1 heterocycles. The van der Waals surface area contributed by atoms with Crippen LogP contribution in [0.5, 0.6) is 5.75 Å². The first-order valence-corrected chi connectivity index (χ1v) is 9.39. The van der Waals surface area contributed by atoms with E-state index in [9.17, 15) is 8.42 Å². The Morgan fingerprint density at radius 1 is 1.08 bits per heavy atom. The molecule has 1 aromatic carbocycles. The van der Waals surface area contributed by atoms with Gasteiger partial charge in [0.2, 0.25) is 10.0 Å². The van der Waals surface area contributed by atoms with E-state index in [4.69, 9.17) is 4.74 Å². The lowest BCUT2D eigenvalue weighted by molar-refractivity contribution is 0.410. The lowest BCUT2D eigenvalue weighted by atomic mass is 10.1. The minimum Gasteiger partial charge on any atom is -0.496 e. The molecular weight excluding hydrogens is 324 g/mol. The van der Waals surface area contributed by atoms with Crippen molar-refractivity contribution >= 4 is 10.0 Å². The molecule has 0 spiro atoms. The summed E-state index contributed by atoms with van der Waals surface area (Å²) in [5, 5.41) is 0. The van der Waals surface area contributed by atoms with Crippen molar-refractivity contribution in [2.75, 3.05) is 20.2 Å². The highest BCUT2D eigenvalue weighted by Gasteiger charge is 2.26. The molecule has 130 valence electrons. The molecule has 0 aliphatic carbocycles. The van der Waals surface area contributed by atoms with Crippen molar-refractivity contribution in [1.82, 2.24) is 9.29 Å². The predicted molar refractivity (Wildman–Crippen MR) is 94.8 cm³/mol. The molecule has 0 unspecified atom stereocenters. The zero-order chi connectivity index (χ0) is 17.7. The van der Waals surface area contributed by atoms with Crippen LogP contribution in [0.25, 0.3) is 0 Å². The average Bonchev–Trinajstić information content (AvgIpc) is 2.58. The largest absolute Gasteiger partial charge is 0.496 e. The van der Waals surface area contributed by atoms with Crippen molar-refractivity contribution in [2.45, 2.75) is 32.1 Å². The summed E-state index contributed by atoms with van der Waals surface area (Å²) in [5.41, 5.74) is 2.65. The Balaban J connectivity index is 2.28. The fourth-order valence-electron chi connectivity index (χ4n) is 2.66. The normalized spacial score (nSPS) is 11.7. The quantitative estimate of drug-likeness (QED) is 0.772. The van der Waals surface area contributed by atoms with Gasteiger partial charge in [0.05, 0.1) is 12.0 Å². The molecule has 0 atom stereocenters. The van der Waals surface area contributed by atoms with Crippen LogP contribution in [0.3, 0.4) is 0 Å². The molecule has 0 fully saturated rings. The van der Waals surface area contributed by atoms with Gasteiger partial charge in [-0.1, -0.05) is 6.92 Å². The van der Waals surface area contributed by atoms with Crippen LogP contribution in [0.15, 0.2) is 41.6 Å². The minimum absolute atomic E-state index is 0.345. The van der Waals surface area contributed by atoms with Crippen LogP contribution in [0.1, 0.15) is 23.6 Å². The van der Waals surface area contributed by atoms with Crippen molar-refractivity contribution in [3.63, 3.8) is 0 Å². The summed E-state index contributed by atoms with van der Waals surface area (Å²) in [6.45, 7) is 6.42. The van der Waals surface area contributed by atoms with Gasteiger partial charge in [-0.05, 0) is 61.2 Å². The van der Waals surface area contributed by atoms with Crippen molar-refractivity contribution in [2.24, 2.45) is 0 Å². The number of pyridine rings is 1. The molecule has 6 heteroatoms. The first-order valence-electron chi connectivity index (χ1n) is 7.95. The fraction of sp³-hybridized carbons (Fsp3) is 0.389. The lowest BCUT2D eigenvalue weighted by Gasteiger charge is -2.22. The second kappa shape index (κ2) is 7.77. The zero-order valence-electron chi connectivity index (χ0n) is 14.6. The second-order valence-corrected chi connectivity index (χ2v) is 7.52. The van der Waals surface area contributed by atoms with Gasteiger partial charge in [-0.25, -0.2) is 8.42 Å². The number of benzene rings is 1. The predicted octanol–water partition coefficient (Wildman–Crippen LogP) is 2.96. The third-order valence-corrected chi connectivity index (χ3v) is 6.40. The molecule has 0 amide bonds. The van der Waals surface area contributed by atoms with Crippen LogP contribution in [-0.2, 0) is 16.4 Å². The summed E-state index contributed by atoms with van der Waals surface area (Å²) < 4.78 is 32.8. The number of sulfonamides is 1. The Morgan fingerprint density at radius 2 is 1.75 bits per heavy atom. The maximum atomic E-state index is 13.0. The van der Waals surface area contributed by atoms with Gasteiger partial charge in [-0.15, -0.1) is 0 Å². The van der Waals surface area contributed by atoms with Crippen molar-refractivity contribution in [3.8, 4) is 5.75 Å². The van der Waals surface area contributed by atoms with Crippen LogP contribution in [0, 0.1) is 13.8 Å². The fourth-order valence-corrected chi connectivity index (χ4v) is 4.39. The summed E-state index contributed by atoms with van der Waals surface area (Å²) in [6.07, 6.45) is 4.10. The van der Waals surface area contributed by atoms with Crippen LogP contribution < -0.4 is 4.74 Å². The number of nitrogens with zero attached hydrogens (tertiary/aromatic N) is 2. The zero-order valence-corrected chi connectivity index (χ0v) is 15.4. The molecule has 0 saturated carbocycles. The van der Waals surface area contributed by atoms with Gasteiger partial charge in [0.1, 0.15) is 5.75 Å². The van der Waals surface area contributed by atoms with E-state index in [-0.39, 0.29) is 0 Å². The summed E-state index contributed by atoms with van der Waals surface area (Å²) in [7, 11) is -1.95. The molecule has 0 aliphatic heterocycles. The van der Waals surface area contributed by atoms with Crippen LogP contribution in [0.4, 0.5) is 0 Å². The first-order chi connectivity index (χ1) is 11.4. The number of rotatable bonds is 7. The number of likely N-dealkylation sites (N-methyl/N-ethyl adjacent to an activating group) is 1. The molecular formula is C18H24N2O3S. The van der Waals surface area contributed by atoms with Crippen LogP contribution >= 0.6 is 0 Å². The number of hydrogen-bond acceptors (Lipinski definition) is 4. The summed E-state index contributed by atoms with van der Waals surface area (Å²) >= 11 is 0. The van der Waals surface area contributed by atoms with Gasteiger partial charge < -0.3 is 4.74 Å². The first kappa shape index (κ1) is 18.4. The number of aromatic nitrogens is 1. The monoisotopic (exact) mass is 348 g/mol. The third kappa shape index (κ3) is 3.76. The van der Waals surface area contributed by atoms with Gasteiger partial charge in [0, 0.05) is 25.5 Å². The average molecular weight is 348 g/mol. The highest BCUT2D eigenvalue weighted by molar-refractivity contribution is 7.89. The smallest absolute Gasteiger partial charge is 0.243 e. The lowest BCUT2D eigenvalue weighted by Crippen LogP contribution is -2.33. The van der Waals surface area contributed by atoms with E-state index >= 15 is 0 Å². The van der Waals surface area contributed by atoms with Gasteiger partial charge in [-0.3, -0.25) is 4.98 Å². The van der Waals surface area contributed by atoms with E-state index in [1.807, 2.05) is 32.9 Å². The molecule has 0 bridgehead atoms. The van der Waals surface area contributed by atoms with E-state index in [0.717, 1.165) is 16.7 Å². The highest BCUT2D eigenvalue weighted by atomic mass is 32.2. The molecule has 0 radical (unpaired) electrons. The van der Waals surface area contributed by atoms with E-state index in [1.165, 1.54) is 4.31 Å². The molecule has 2 aromatic rings. The standard InChI is InChI=1S/C18H24N2O3S/c1-5-20(13-10-16-8-11-19-12-9-16)24(21,22)18-7-6-17(23-4)14(2)15(18)3/h6-9,11-12H,5,10,13H2,1-4H3. The van der Waals surface area contributed by atoms with Crippen molar-refractivity contribution in [3.05, 3.63) is 53.3 Å².